The van der Waals surface area contributed by atoms with Crippen molar-refractivity contribution in [1.82, 2.24) is 14.6 Å². The third-order valence-electron chi connectivity index (χ3n) is 2.37. The number of carbonyl (C=O) groups excluding carboxylic acids is 1. The number of carboxylic acid groups (broad SMARTS) is 1. The Bertz CT molecular complexity index is 688. The Labute approximate surface area is 108 Å². The fourth-order valence-electron chi connectivity index (χ4n) is 1.66. The Morgan fingerprint density at radius 3 is 2.79 bits per heavy atom. The largest absolute Gasteiger partial charge is 0.478 e. The zero-order valence-corrected chi connectivity index (χ0v) is 10.4. The Morgan fingerprint density at radius 2 is 2.11 bits per heavy atom. The van der Waals surface area contributed by atoms with Crippen molar-refractivity contribution in [2.24, 2.45) is 0 Å². The van der Waals surface area contributed by atoms with Crippen molar-refractivity contribution in [2.45, 2.75) is 13.8 Å². The minimum atomic E-state index is -1.17. The van der Waals surface area contributed by atoms with E-state index in [9.17, 15) is 9.59 Å². The molecule has 19 heavy (non-hydrogen) atoms. The summed E-state index contributed by atoms with van der Waals surface area (Å²) in [4.78, 5) is 26.0. The molecule has 0 aliphatic carbocycles. The SMILES string of the molecule is Cc1nc2c(C)cc(NC(=O)/C=C/C(=O)O)cn2n1. The van der Waals surface area contributed by atoms with Gasteiger partial charge in [0.1, 0.15) is 5.82 Å². The normalized spacial score (nSPS) is 11.1. The smallest absolute Gasteiger partial charge is 0.328 e. The lowest BCUT2D eigenvalue weighted by atomic mass is 10.2. The summed E-state index contributed by atoms with van der Waals surface area (Å²) in [5.41, 5.74) is 2.10. The van der Waals surface area contributed by atoms with Crippen molar-refractivity contribution in [3.63, 3.8) is 0 Å². The number of amides is 1. The van der Waals surface area contributed by atoms with Gasteiger partial charge in [0.05, 0.1) is 11.9 Å². The Kier molecular flexibility index (Phi) is 3.28. The standard InChI is InChI=1S/C12H12N4O3/c1-7-5-9(14-10(17)3-4-11(18)19)6-16-12(7)13-8(2)15-16/h3-6H,1-2H3,(H,14,17)(H,18,19)/b4-3+. The quantitative estimate of drug-likeness (QED) is 0.800. The van der Waals surface area contributed by atoms with Crippen LogP contribution in [0.1, 0.15) is 11.4 Å². The summed E-state index contributed by atoms with van der Waals surface area (Å²) in [7, 11) is 0. The van der Waals surface area contributed by atoms with Crippen molar-refractivity contribution < 1.29 is 14.7 Å². The first-order valence-corrected chi connectivity index (χ1v) is 5.51. The van der Waals surface area contributed by atoms with Gasteiger partial charge in [0.15, 0.2) is 5.65 Å². The molecule has 0 aromatic carbocycles. The molecule has 0 aliphatic heterocycles. The van der Waals surface area contributed by atoms with E-state index in [1.807, 2.05) is 6.92 Å². The number of nitrogens with zero attached hydrogens (tertiary/aromatic N) is 3. The Hall–Kier alpha value is -2.70. The van der Waals surface area contributed by atoms with Gasteiger partial charge in [0.25, 0.3) is 0 Å². The van der Waals surface area contributed by atoms with Crippen LogP contribution in [-0.2, 0) is 9.59 Å². The van der Waals surface area contributed by atoms with E-state index in [1.165, 1.54) is 0 Å². The molecule has 2 heterocycles. The number of hydrogen-bond acceptors (Lipinski definition) is 4. The predicted octanol–water partition coefficient (Wildman–Crippen LogP) is 0.925. The molecule has 0 bridgehead atoms. The summed E-state index contributed by atoms with van der Waals surface area (Å²) >= 11 is 0. The molecule has 0 aliphatic rings. The van der Waals surface area contributed by atoms with Crippen LogP contribution in [0.4, 0.5) is 5.69 Å². The average Bonchev–Trinajstić information content (AvgIpc) is 2.67. The highest BCUT2D eigenvalue weighted by atomic mass is 16.4. The van der Waals surface area contributed by atoms with E-state index in [0.29, 0.717) is 11.5 Å². The number of carbonyl (C=O) groups is 2. The van der Waals surface area contributed by atoms with Crippen molar-refractivity contribution in [3.05, 3.63) is 35.8 Å². The number of fused-ring (bicyclic) bond motifs is 1. The summed E-state index contributed by atoms with van der Waals surface area (Å²) in [6.45, 7) is 3.63. The second-order valence-electron chi connectivity index (χ2n) is 4.00. The van der Waals surface area contributed by atoms with E-state index in [-0.39, 0.29) is 0 Å². The van der Waals surface area contributed by atoms with E-state index in [4.69, 9.17) is 5.11 Å². The number of nitrogens with one attached hydrogen (secondary N) is 1. The van der Waals surface area contributed by atoms with Crippen LogP contribution in [0.3, 0.4) is 0 Å². The van der Waals surface area contributed by atoms with E-state index < -0.39 is 11.9 Å². The lowest BCUT2D eigenvalue weighted by Gasteiger charge is -2.04. The molecule has 1 amide bonds. The summed E-state index contributed by atoms with van der Waals surface area (Å²) in [5.74, 6) is -1.05. The van der Waals surface area contributed by atoms with Gasteiger partial charge in [-0.3, -0.25) is 4.79 Å². The average molecular weight is 260 g/mol. The molecule has 2 aromatic rings. The molecule has 2 N–H and O–H groups in total. The van der Waals surface area contributed by atoms with Crippen LogP contribution < -0.4 is 5.32 Å². The van der Waals surface area contributed by atoms with Crippen molar-refractivity contribution in [1.29, 1.82) is 0 Å². The molecule has 0 unspecified atom stereocenters. The summed E-state index contributed by atoms with van der Waals surface area (Å²) < 4.78 is 1.57. The minimum Gasteiger partial charge on any atom is -0.478 e. The number of carboxylic acids is 1. The van der Waals surface area contributed by atoms with Crippen LogP contribution in [0, 0.1) is 13.8 Å². The third kappa shape index (κ3) is 2.95. The fraction of sp³-hybridized carbons (Fsp3) is 0.167. The van der Waals surface area contributed by atoms with Crippen molar-refractivity contribution in [2.75, 3.05) is 5.32 Å². The van der Waals surface area contributed by atoms with E-state index in [0.717, 1.165) is 23.4 Å². The van der Waals surface area contributed by atoms with Crippen LogP contribution in [0.5, 0.6) is 0 Å². The van der Waals surface area contributed by atoms with Gasteiger partial charge in [-0.15, -0.1) is 0 Å². The van der Waals surface area contributed by atoms with Gasteiger partial charge in [0.2, 0.25) is 5.91 Å². The van der Waals surface area contributed by atoms with Crippen LogP contribution in [-0.4, -0.2) is 31.6 Å². The number of aliphatic carboxylic acids is 1. The molecule has 7 heteroatoms. The molecular formula is C12H12N4O3. The molecule has 98 valence electrons. The molecular weight excluding hydrogens is 248 g/mol. The van der Waals surface area contributed by atoms with Gasteiger partial charge in [-0.1, -0.05) is 0 Å². The highest BCUT2D eigenvalue weighted by Gasteiger charge is 2.06. The van der Waals surface area contributed by atoms with Gasteiger partial charge in [-0.25, -0.2) is 14.3 Å². The second kappa shape index (κ2) is 4.89. The molecule has 2 aromatic heterocycles. The maximum absolute atomic E-state index is 11.5. The topological polar surface area (TPSA) is 96.6 Å². The highest BCUT2D eigenvalue weighted by molar-refractivity contribution is 6.02. The number of aryl methyl sites for hydroxylation is 2. The number of pyridine rings is 1. The van der Waals surface area contributed by atoms with Gasteiger partial charge in [0, 0.05) is 12.2 Å². The Balaban J connectivity index is 2.26. The van der Waals surface area contributed by atoms with Crippen LogP contribution >= 0.6 is 0 Å². The summed E-state index contributed by atoms with van der Waals surface area (Å²) in [6, 6.07) is 1.75. The number of rotatable bonds is 3. The second-order valence-corrected chi connectivity index (χ2v) is 4.00. The molecule has 0 spiro atoms. The zero-order chi connectivity index (χ0) is 14.0. The number of hydrogen-bond donors (Lipinski definition) is 2. The first-order valence-electron chi connectivity index (χ1n) is 5.51. The minimum absolute atomic E-state index is 0.516. The maximum atomic E-state index is 11.5. The molecule has 0 saturated carbocycles. The molecule has 0 radical (unpaired) electrons. The third-order valence-corrected chi connectivity index (χ3v) is 2.37. The van der Waals surface area contributed by atoms with Crippen LogP contribution in [0.25, 0.3) is 5.65 Å². The van der Waals surface area contributed by atoms with Crippen LogP contribution in [0.15, 0.2) is 24.4 Å². The fourth-order valence-corrected chi connectivity index (χ4v) is 1.66. The molecule has 2 rings (SSSR count). The molecule has 0 saturated heterocycles. The number of anilines is 1. The number of aromatic nitrogens is 3. The predicted molar refractivity (Wildman–Crippen MR) is 67.9 cm³/mol. The lowest BCUT2D eigenvalue weighted by Crippen LogP contribution is -2.10. The summed E-state index contributed by atoms with van der Waals surface area (Å²) in [6.07, 6.45) is 3.35. The van der Waals surface area contributed by atoms with Crippen molar-refractivity contribution in [3.8, 4) is 0 Å². The van der Waals surface area contributed by atoms with E-state index in [2.05, 4.69) is 15.4 Å². The maximum Gasteiger partial charge on any atom is 0.328 e. The van der Waals surface area contributed by atoms with Gasteiger partial charge in [-0.2, -0.15) is 5.10 Å². The Morgan fingerprint density at radius 1 is 1.37 bits per heavy atom. The van der Waals surface area contributed by atoms with Gasteiger partial charge in [-0.05, 0) is 25.5 Å². The van der Waals surface area contributed by atoms with Gasteiger partial charge >= 0.3 is 5.97 Å². The van der Waals surface area contributed by atoms with E-state index >= 15 is 0 Å². The van der Waals surface area contributed by atoms with E-state index in [1.54, 1.807) is 23.7 Å². The highest BCUT2D eigenvalue weighted by Crippen LogP contribution is 2.14. The first-order chi connectivity index (χ1) is 8.95. The molecule has 7 nitrogen and oxygen atoms in total. The molecule has 0 atom stereocenters. The lowest BCUT2D eigenvalue weighted by molar-refractivity contribution is -0.131. The monoisotopic (exact) mass is 260 g/mol. The van der Waals surface area contributed by atoms with Crippen molar-refractivity contribution >= 4 is 23.2 Å². The first kappa shape index (κ1) is 12.7. The van der Waals surface area contributed by atoms with Gasteiger partial charge < -0.3 is 10.4 Å². The molecule has 0 fully saturated rings. The zero-order valence-electron chi connectivity index (χ0n) is 10.4. The van der Waals surface area contributed by atoms with Crippen LogP contribution in [0.2, 0.25) is 0 Å². The summed E-state index contributed by atoms with van der Waals surface area (Å²) in [5, 5.41) is 15.1.